The highest BCUT2D eigenvalue weighted by Gasteiger charge is 2.15. The smallest absolute Gasteiger partial charge is 0.173 e. The van der Waals surface area contributed by atoms with Crippen molar-refractivity contribution < 1.29 is 19.1 Å². The van der Waals surface area contributed by atoms with E-state index in [0.717, 1.165) is 0 Å². The summed E-state index contributed by atoms with van der Waals surface area (Å²) in [6, 6.07) is 4.92. The van der Waals surface area contributed by atoms with Crippen LogP contribution in [0.15, 0.2) is 18.2 Å². The molecule has 0 amide bonds. The van der Waals surface area contributed by atoms with Crippen LogP contribution in [0, 0.1) is 0 Å². The van der Waals surface area contributed by atoms with Gasteiger partial charge < -0.3 is 9.47 Å². The SMILES string of the molecule is CCC(=O)CC(=O)c1ccc(OC)cc1OC. The lowest BCUT2D eigenvalue weighted by Crippen LogP contribution is -2.08. The predicted molar refractivity (Wildman–Crippen MR) is 63.8 cm³/mol. The number of hydrogen-bond donors (Lipinski definition) is 0. The molecule has 1 aromatic rings. The quantitative estimate of drug-likeness (QED) is 0.561. The highest BCUT2D eigenvalue weighted by atomic mass is 16.5. The fourth-order valence-electron chi connectivity index (χ4n) is 1.43. The lowest BCUT2D eigenvalue weighted by Gasteiger charge is -2.09. The number of benzene rings is 1. The van der Waals surface area contributed by atoms with Gasteiger partial charge in [-0.25, -0.2) is 0 Å². The predicted octanol–water partition coefficient (Wildman–Crippen LogP) is 2.26. The number of carbonyl (C=O) groups excluding carboxylic acids is 2. The van der Waals surface area contributed by atoms with Gasteiger partial charge in [0.25, 0.3) is 0 Å². The monoisotopic (exact) mass is 236 g/mol. The van der Waals surface area contributed by atoms with E-state index in [1.54, 1.807) is 25.1 Å². The molecule has 0 N–H and O–H groups in total. The molecule has 0 saturated heterocycles. The van der Waals surface area contributed by atoms with Gasteiger partial charge in [0.1, 0.15) is 17.3 Å². The van der Waals surface area contributed by atoms with E-state index < -0.39 is 0 Å². The van der Waals surface area contributed by atoms with Crippen LogP contribution in [0.1, 0.15) is 30.1 Å². The average molecular weight is 236 g/mol. The van der Waals surface area contributed by atoms with Crippen LogP contribution in [0.25, 0.3) is 0 Å². The highest BCUT2D eigenvalue weighted by molar-refractivity contribution is 6.09. The summed E-state index contributed by atoms with van der Waals surface area (Å²) in [5, 5.41) is 0. The van der Waals surface area contributed by atoms with Gasteiger partial charge in [0.05, 0.1) is 26.2 Å². The number of ether oxygens (including phenoxy) is 2. The molecule has 1 aromatic carbocycles. The first-order valence-electron chi connectivity index (χ1n) is 5.39. The fraction of sp³-hybridized carbons (Fsp3) is 0.385. The Balaban J connectivity index is 2.96. The standard InChI is InChI=1S/C13H16O4/c1-4-9(14)7-12(15)11-6-5-10(16-2)8-13(11)17-3/h5-6,8H,4,7H2,1-3H3. The topological polar surface area (TPSA) is 52.6 Å². The Labute approximate surface area is 101 Å². The third kappa shape index (κ3) is 3.31. The van der Waals surface area contributed by atoms with Crippen LogP contribution in [0.4, 0.5) is 0 Å². The van der Waals surface area contributed by atoms with Crippen molar-refractivity contribution in [3.8, 4) is 11.5 Å². The summed E-state index contributed by atoms with van der Waals surface area (Å²) in [7, 11) is 3.02. The van der Waals surface area contributed by atoms with E-state index in [1.165, 1.54) is 14.2 Å². The van der Waals surface area contributed by atoms with E-state index >= 15 is 0 Å². The van der Waals surface area contributed by atoms with Gasteiger partial charge in [0.2, 0.25) is 0 Å². The number of methoxy groups -OCH3 is 2. The van der Waals surface area contributed by atoms with Gasteiger partial charge in [-0.2, -0.15) is 0 Å². The molecule has 0 aliphatic heterocycles. The number of ketones is 2. The molecule has 0 spiro atoms. The van der Waals surface area contributed by atoms with Crippen LogP contribution in [-0.2, 0) is 4.79 Å². The van der Waals surface area contributed by atoms with Crippen molar-refractivity contribution in [2.24, 2.45) is 0 Å². The normalized spacial score (nSPS) is 9.82. The van der Waals surface area contributed by atoms with Crippen LogP contribution in [0.5, 0.6) is 11.5 Å². The van der Waals surface area contributed by atoms with Crippen LogP contribution >= 0.6 is 0 Å². The van der Waals surface area contributed by atoms with Gasteiger partial charge >= 0.3 is 0 Å². The molecule has 0 unspecified atom stereocenters. The van der Waals surface area contributed by atoms with Gasteiger partial charge in [-0.1, -0.05) is 6.92 Å². The first-order valence-corrected chi connectivity index (χ1v) is 5.39. The van der Waals surface area contributed by atoms with Crippen molar-refractivity contribution >= 4 is 11.6 Å². The molecular weight excluding hydrogens is 220 g/mol. The van der Waals surface area contributed by atoms with E-state index in [-0.39, 0.29) is 18.0 Å². The molecule has 0 bridgehead atoms. The molecule has 17 heavy (non-hydrogen) atoms. The van der Waals surface area contributed by atoms with E-state index in [0.29, 0.717) is 23.5 Å². The van der Waals surface area contributed by atoms with Gasteiger partial charge in [-0.05, 0) is 12.1 Å². The van der Waals surface area contributed by atoms with E-state index in [1.807, 2.05) is 0 Å². The summed E-state index contributed by atoms with van der Waals surface area (Å²) >= 11 is 0. The number of rotatable bonds is 6. The molecule has 0 heterocycles. The zero-order valence-corrected chi connectivity index (χ0v) is 10.3. The van der Waals surface area contributed by atoms with Crippen molar-refractivity contribution in [1.29, 1.82) is 0 Å². The number of Topliss-reactive ketones (excluding diaryl/α,β-unsaturated/α-hetero) is 2. The van der Waals surface area contributed by atoms with Crippen molar-refractivity contribution in [3.63, 3.8) is 0 Å². The second-order valence-electron chi connectivity index (χ2n) is 3.56. The molecule has 1 rings (SSSR count). The molecule has 4 nitrogen and oxygen atoms in total. The zero-order chi connectivity index (χ0) is 12.8. The summed E-state index contributed by atoms with van der Waals surface area (Å²) < 4.78 is 10.1. The zero-order valence-electron chi connectivity index (χ0n) is 10.3. The van der Waals surface area contributed by atoms with Crippen molar-refractivity contribution in [2.75, 3.05) is 14.2 Å². The highest BCUT2D eigenvalue weighted by Crippen LogP contribution is 2.25. The summed E-state index contributed by atoms with van der Waals surface area (Å²) in [6.45, 7) is 1.74. The summed E-state index contributed by atoms with van der Waals surface area (Å²) in [5.41, 5.74) is 0.412. The summed E-state index contributed by atoms with van der Waals surface area (Å²) in [4.78, 5) is 23.1. The second-order valence-corrected chi connectivity index (χ2v) is 3.56. The van der Waals surface area contributed by atoms with Crippen LogP contribution in [-0.4, -0.2) is 25.8 Å². The molecule has 0 saturated carbocycles. The maximum Gasteiger partial charge on any atom is 0.173 e. The molecular formula is C13H16O4. The second kappa shape index (κ2) is 6.03. The fourth-order valence-corrected chi connectivity index (χ4v) is 1.43. The molecule has 0 aromatic heterocycles. The lowest BCUT2D eigenvalue weighted by molar-refractivity contribution is -0.117. The Bertz CT molecular complexity index is 423. The minimum Gasteiger partial charge on any atom is -0.497 e. The van der Waals surface area contributed by atoms with Crippen molar-refractivity contribution in [3.05, 3.63) is 23.8 Å². The molecule has 4 heteroatoms. The van der Waals surface area contributed by atoms with Gasteiger partial charge in [-0.15, -0.1) is 0 Å². The summed E-state index contributed by atoms with van der Waals surface area (Å²) in [5.74, 6) is 0.739. The molecule has 0 aliphatic rings. The number of carbonyl (C=O) groups is 2. The third-order valence-electron chi connectivity index (χ3n) is 2.46. The largest absolute Gasteiger partial charge is 0.497 e. The Kier molecular flexibility index (Phi) is 4.69. The maximum atomic E-state index is 11.9. The Morgan fingerprint density at radius 3 is 2.41 bits per heavy atom. The summed E-state index contributed by atoms with van der Waals surface area (Å²) in [6.07, 6.45) is 0.281. The lowest BCUT2D eigenvalue weighted by atomic mass is 10.0. The Hall–Kier alpha value is -1.84. The van der Waals surface area contributed by atoms with Crippen molar-refractivity contribution in [1.82, 2.24) is 0 Å². The van der Waals surface area contributed by atoms with Gasteiger partial charge in [0.15, 0.2) is 5.78 Å². The average Bonchev–Trinajstić information content (AvgIpc) is 2.37. The van der Waals surface area contributed by atoms with Crippen molar-refractivity contribution in [2.45, 2.75) is 19.8 Å². The minimum atomic E-state index is -0.226. The van der Waals surface area contributed by atoms with Crippen LogP contribution in [0.3, 0.4) is 0 Å². The Morgan fingerprint density at radius 2 is 1.88 bits per heavy atom. The van der Waals surface area contributed by atoms with Crippen LogP contribution in [0.2, 0.25) is 0 Å². The van der Waals surface area contributed by atoms with Gasteiger partial charge in [0, 0.05) is 12.5 Å². The molecule has 0 aliphatic carbocycles. The van der Waals surface area contributed by atoms with E-state index in [9.17, 15) is 9.59 Å². The van der Waals surface area contributed by atoms with Gasteiger partial charge in [-0.3, -0.25) is 9.59 Å². The molecule has 0 atom stereocenters. The maximum absolute atomic E-state index is 11.9. The molecule has 0 radical (unpaired) electrons. The van der Waals surface area contributed by atoms with E-state index in [4.69, 9.17) is 9.47 Å². The third-order valence-corrected chi connectivity index (χ3v) is 2.46. The first-order chi connectivity index (χ1) is 8.12. The van der Waals surface area contributed by atoms with E-state index in [2.05, 4.69) is 0 Å². The molecule has 92 valence electrons. The minimum absolute atomic E-state index is 0.0760. The van der Waals surface area contributed by atoms with Crippen LogP contribution < -0.4 is 9.47 Å². The Morgan fingerprint density at radius 1 is 1.18 bits per heavy atom. The first kappa shape index (κ1) is 13.2. The molecule has 0 fully saturated rings. The number of hydrogen-bond acceptors (Lipinski definition) is 4.